The van der Waals surface area contributed by atoms with Crippen LogP contribution in [0, 0.1) is 0 Å². The summed E-state index contributed by atoms with van der Waals surface area (Å²) in [5.41, 5.74) is 1.33. The molecule has 0 spiro atoms. The minimum Gasteiger partial charge on any atom is -0.506 e. The Morgan fingerprint density at radius 3 is 2.92 bits per heavy atom. The average molecular weight is 161 g/mol. The smallest absolute Gasteiger partial charge is 0.141 e. The van der Waals surface area contributed by atoms with Gasteiger partial charge in [-0.15, -0.1) is 0 Å². The zero-order valence-electron chi connectivity index (χ0n) is 6.27. The van der Waals surface area contributed by atoms with Crippen LogP contribution in [0.2, 0.25) is 0 Å². The van der Waals surface area contributed by atoms with E-state index < -0.39 is 0 Å². The molecule has 60 valence electrons. The minimum absolute atomic E-state index is 0.166. The molecule has 12 heavy (non-hydrogen) atoms. The Balaban J connectivity index is 2.55. The second-order valence-electron chi connectivity index (χ2n) is 2.38. The monoisotopic (exact) mass is 161 g/mol. The van der Waals surface area contributed by atoms with E-state index >= 15 is 0 Å². The van der Waals surface area contributed by atoms with E-state index in [2.05, 4.69) is 4.98 Å². The highest BCUT2D eigenvalue weighted by Gasteiger charge is 2.04. The van der Waals surface area contributed by atoms with Gasteiger partial charge in [0, 0.05) is 11.8 Å². The zero-order chi connectivity index (χ0) is 8.39. The molecule has 0 unspecified atom stereocenters. The lowest BCUT2D eigenvalue weighted by molar-refractivity contribution is 0.475. The predicted molar refractivity (Wildman–Crippen MR) is 43.6 cm³/mol. The van der Waals surface area contributed by atoms with Crippen LogP contribution in [-0.2, 0) is 0 Å². The van der Waals surface area contributed by atoms with E-state index in [1.807, 2.05) is 0 Å². The van der Waals surface area contributed by atoms with E-state index in [0.717, 1.165) is 5.56 Å². The van der Waals surface area contributed by atoms with E-state index in [4.69, 9.17) is 4.42 Å². The van der Waals surface area contributed by atoms with Gasteiger partial charge >= 0.3 is 0 Å². The molecule has 0 aromatic carbocycles. The second kappa shape index (κ2) is 2.70. The van der Waals surface area contributed by atoms with Crippen molar-refractivity contribution in [1.82, 2.24) is 4.98 Å². The van der Waals surface area contributed by atoms with E-state index in [1.165, 1.54) is 0 Å². The molecule has 0 bridgehead atoms. The number of hydrogen-bond donors (Lipinski definition) is 1. The maximum atomic E-state index is 9.38. The number of pyridine rings is 1. The third kappa shape index (κ3) is 1.05. The zero-order valence-corrected chi connectivity index (χ0v) is 6.27. The number of hydrogen-bond acceptors (Lipinski definition) is 3. The van der Waals surface area contributed by atoms with E-state index in [-0.39, 0.29) is 5.75 Å². The van der Waals surface area contributed by atoms with Crippen molar-refractivity contribution >= 4 is 0 Å². The van der Waals surface area contributed by atoms with Crippen LogP contribution in [0.15, 0.2) is 41.3 Å². The first-order valence-corrected chi connectivity index (χ1v) is 3.54. The maximum Gasteiger partial charge on any atom is 0.141 e. The molecule has 0 saturated heterocycles. The summed E-state index contributed by atoms with van der Waals surface area (Å²) >= 11 is 0. The van der Waals surface area contributed by atoms with Gasteiger partial charge in [0.05, 0.1) is 12.5 Å². The summed E-state index contributed by atoms with van der Waals surface area (Å²) in [7, 11) is 0. The standard InChI is InChI=1S/C9H7NO2/c11-8-2-1-4-10-9(8)7-3-5-12-6-7/h1-6,11H. The molecule has 3 heteroatoms. The molecule has 1 N–H and O–H groups in total. The van der Waals surface area contributed by atoms with Gasteiger partial charge in [-0.2, -0.15) is 0 Å². The van der Waals surface area contributed by atoms with Crippen molar-refractivity contribution < 1.29 is 9.52 Å². The minimum atomic E-state index is 0.166. The third-order valence-corrected chi connectivity index (χ3v) is 1.58. The van der Waals surface area contributed by atoms with Crippen molar-refractivity contribution in [2.24, 2.45) is 0 Å². The van der Waals surface area contributed by atoms with E-state index in [0.29, 0.717) is 5.69 Å². The molecule has 0 aliphatic carbocycles. The van der Waals surface area contributed by atoms with Gasteiger partial charge in [0.15, 0.2) is 0 Å². The van der Waals surface area contributed by atoms with Gasteiger partial charge in [-0.3, -0.25) is 4.98 Å². The highest BCUT2D eigenvalue weighted by atomic mass is 16.3. The van der Waals surface area contributed by atoms with Crippen molar-refractivity contribution in [3.8, 4) is 17.0 Å². The summed E-state index contributed by atoms with van der Waals surface area (Å²) in [5, 5.41) is 9.38. The lowest BCUT2D eigenvalue weighted by atomic mass is 10.2. The Labute approximate surface area is 69.3 Å². The van der Waals surface area contributed by atoms with Gasteiger partial charge in [-0.05, 0) is 18.2 Å². The molecule has 2 rings (SSSR count). The van der Waals surface area contributed by atoms with Crippen LogP contribution in [0.25, 0.3) is 11.3 Å². The molecule has 0 saturated carbocycles. The Kier molecular flexibility index (Phi) is 1.55. The molecular formula is C9H7NO2. The summed E-state index contributed by atoms with van der Waals surface area (Å²) in [5.74, 6) is 0.166. The van der Waals surface area contributed by atoms with Gasteiger partial charge in [0.1, 0.15) is 11.4 Å². The van der Waals surface area contributed by atoms with Crippen LogP contribution in [0.4, 0.5) is 0 Å². The van der Waals surface area contributed by atoms with Gasteiger partial charge in [-0.25, -0.2) is 0 Å². The molecule has 0 radical (unpaired) electrons. The molecule has 0 amide bonds. The second-order valence-corrected chi connectivity index (χ2v) is 2.38. The summed E-state index contributed by atoms with van der Waals surface area (Å²) in [4.78, 5) is 4.01. The molecule has 0 aliphatic rings. The summed E-state index contributed by atoms with van der Waals surface area (Å²) in [6.45, 7) is 0. The van der Waals surface area contributed by atoms with Gasteiger partial charge in [0.2, 0.25) is 0 Å². The number of aromatic hydroxyl groups is 1. The molecule has 2 aromatic heterocycles. The average Bonchev–Trinajstić information content (AvgIpc) is 2.57. The lowest BCUT2D eigenvalue weighted by Gasteiger charge is -1.97. The Hall–Kier alpha value is -1.77. The first kappa shape index (κ1) is 6.91. The highest BCUT2D eigenvalue weighted by Crippen LogP contribution is 2.25. The predicted octanol–water partition coefficient (Wildman–Crippen LogP) is 2.05. The molecule has 3 nitrogen and oxygen atoms in total. The third-order valence-electron chi connectivity index (χ3n) is 1.58. The van der Waals surface area contributed by atoms with Crippen LogP contribution in [0.3, 0.4) is 0 Å². The van der Waals surface area contributed by atoms with E-state index in [1.54, 1.807) is 36.9 Å². The van der Waals surface area contributed by atoms with Crippen LogP contribution >= 0.6 is 0 Å². The molecule has 0 aliphatic heterocycles. The number of nitrogens with zero attached hydrogens (tertiary/aromatic N) is 1. The Morgan fingerprint density at radius 1 is 1.33 bits per heavy atom. The molecule has 2 heterocycles. The first-order valence-electron chi connectivity index (χ1n) is 3.54. The topological polar surface area (TPSA) is 46.3 Å². The Morgan fingerprint density at radius 2 is 2.25 bits per heavy atom. The fourth-order valence-corrected chi connectivity index (χ4v) is 1.02. The quantitative estimate of drug-likeness (QED) is 0.696. The maximum absolute atomic E-state index is 9.38. The molecule has 0 atom stereocenters. The highest BCUT2D eigenvalue weighted by molar-refractivity contribution is 5.63. The molecular weight excluding hydrogens is 154 g/mol. The SMILES string of the molecule is Oc1cccnc1-c1ccoc1. The van der Waals surface area contributed by atoms with E-state index in [9.17, 15) is 5.11 Å². The first-order chi connectivity index (χ1) is 5.88. The van der Waals surface area contributed by atoms with Gasteiger partial charge in [-0.1, -0.05) is 0 Å². The van der Waals surface area contributed by atoms with Gasteiger partial charge < -0.3 is 9.52 Å². The van der Waals surface area contributed by atoms with Crippen LogP contribution in [-0.4, -0.2) is 10.1 Å². The van der Waals surface area contributed by atoms with Crippen molar-refractivity contribution in [2.75, 3.05) is 0 Å². The van der Waals surface area contributed by atoms with Crippen LogP contribution < -0.4 is 0 Å². The van der Waals surface area contributed by atoms with Crippen molar-refractivity contribution in [2.45, 2.75) is 0 Å². The molecule has 0 fully saturated rings. The van der Waals surface area contributed by atoms with Gasteiger partial charge in [0.25, 0.3) is 0 Å². The molecule has 2 aromatic rings. The van der Waals surface area contributed by atoms with Crippen LogP contribution in [0.1, 0.15) is 0 Å². The normalized spacial score (nSPS) is 10.0. The summed E-state index contributed by atoms with van der Waals surface area (Å²) in [6, 6.07) is 5.02. The summed E-state index contributed by atoms with van der Waals surface area (Å²) in [6.07, 6.45) is 4.72. The fourth-order valence-electron chi connectivity index (χ4n) is 1.02. The van der Waals surface area contributed by atoms with Crippen LogP contribution in [0.5, 0.6) is 5.75 Å². The largest absolute Gasteiger partial charge is 0.506 e. The number of furan rings is 1. The Bertz CT molecular complexity index is 368. The summed E-state index contributed by atoms with van der Waals surface area (Å²) < 4.78 is 4.87. The van der Waals surface area contributed by atoms with Crippen molar-refractivity contribution in [3.63, 3.8) is 0 Å². The van der Waals surface area contributed by atoms with Crippen molar-refractivity contribution in [1.29, 1.82) is 0 Å². The number of aromatic nitrogens is 1. The number of rotatable bonds is 1. The van der Waals surface area contributed by atoms with Crippen molar-refractivity contribution in [3.05, 3.63) is 36.9 Å². The fraction of sp³-hybridized carbons (Fsp3) is 0. The lowest BCUT2D eigenvalue weighted by Crippen LogP contribution is -1.79.